The van der Waals surface area contributed by atoms with Crippen molar-refractivity contribution >= 4 is 23.5 Å². The molecule has 0 aromatic heterocycles. The Morgan fingerprint density at radius 2 is 1.96 bits per heavy atom. The summed E-state index contributed by atoms with van der Waals surface area (Å²) >= 11 is 5.41. The lowest BCUT2D eigenvalue weighted by atomic mass is 9.64. The van der Waals surface area contributed by atoms with Gasteiger partial charge in [0, 0.05) is 17.2 Å². The van der Waals surface area contributed by atoms with Crippen molar-refractivity contribution in [2.75, 3.05) is 0 Å². The molecule has 1 aromatic carbocycles. The number of phenolic OH excluding ortho intramolecular Hbond substituents is 2. The number of hydrogen-bond donors (Lipinski definition) is 4. The summed E-state index contributed by atoms with van der Waals surface area (Å²) in [6.45, 7) is 6.91. The van der Waals surface area contributed by atoms with E-state index >= 15 is 0 Å². The van der Waals surface area contributed by atoms with Crippen molar-refractivity contribution in [3.8, 4) is 11.5 Å². The van der Waals surface area contributed by atoms with Gasteiger partial charge < -0.3 is 15.5 Å². The molecule has 2 saturated carbocycles. The molecule has 4 N–H and O–H groups in total. The molecule has 0 aliphatic heterocycles. The van der Waals surface area contributed by atoms with Gasteiger partial charge in [0.2, 0.25) is 0 Å². The number of phenols is 2. The molecule has 0 unspecified atom stereocenters. The van der Waals surface area contributed by atoms with Gasteiger partial charge in [-0.1, -0.05) is 13.8 Å². The zero-order chi connectivity index (χ0) is 17.5. The van der Waals surface area contributed by atoms with E-state index in [9.17, 15) is 10.2 Å². The zero-order valence-corrected chi connectivity index (χ0v) is 15.2. The summed E-state index contributed by atoms with van der Waals surface area (Å²) in [6.07, 6.45) is 5.32. The summed E-state index contributed by atoms with van der Waals surface area (Å²) < 4.78 is 0. The number of hydrogen-bond acceptors (Lipinski definition) is 4. The number of nitrogens with one attached hydrogen (secondary N) is 2. The van der Waals surface area contributed by atoms with E-state index in [2.05, 4.69) is 36.6 Å². The van der Waals surface area contributed by atoms with Crippen LogP contribution < -0.4 is 10.7 Å². The number of rotatable bonds is 3. The van der Waals surface area contributed by atoms with E-state index in [0.717, 1.165) is 5.92 Å². The third kappa shape index (κ3) is 2.73. The van der Waals surface area contributed by atoms with Crippen LogP contribution in [0.25, 0.3) is 0 Å². The van der Waals surface area contributed by atoms with E-state index in [1.165, 1.54) is 37.6 Å². The largest absolute Gasteiger partial charge is 0.508 e. The van der Waals surface area contributed by atoms with Crippen LogP contribution >= 0.6 is 12.2 Å². The lowest BCUT2D eigenvalue weighted by Crippen LogP contribution is -2.60. The Labute approximate surface area is 148 Å². The average Bonchev–Trinajstić information content (AvgIpc) is 3.05. The molecule has 3 atom stereocenters. The SMILES string of the molecule is CC1(C)[C@H]2CC[C@H](C2)[C@@]1(C)NC(=S)N/N=C\c1ccc(O)cc1O. The summed E-state index contributed by atoms with van der Waals surface area (Å²) in [6, 6.07) is 4.36. The maximum atomic E-state index is 9.74. The molecule has 24 heavy (non-hydrogen) atoms. The van der Waals surface area contributed by atoms with E-state index in [1.807, 2.05) is 0 Å². The van der Waals surface area contributed by atoms with Crippen LogP contribution in [-0.2, 0) is 0 Å². The van der Waals surface area contributed by atoms with Gasteiger partial charge in [-0.25, -0.2) is 0 Å². The molecule has 130 valence electrons. The minimum atomic E-state index is -0.0316. The normalized spacial score (nSPS) is 30.6. The van der Waals surface area contributed by atoms with Gasteiger partial charge in [0.25, 0.3) is 0 Å². The third-order valence-electron chi connectivity index (χ3n) is 6.37. The van der Waals surface area contributed by atoms with Crippen LogP contribution in [-0.4, -0.2) is 27.1 Å². The molecule has 0 spiro atoms. The second-order valence-electron chi connectivity index (χ2n) is 7.70. The predicted octanol–water partition coefficient (Wildman–Crippen LogP) is 3.11. The van der Waals surface area contributed by atoms with Crippen molar-refractivity contribution in [2.24, 2.45) is 22.4 Å². The maximum absolute atomic E-state index is 9.74. The Bertz CT molecular complexity index is 689. The minimum Gasteiger partial charge on any atom is -0.508 e. The van der Waals surface area contributed by atoms with E-state index in [-0.39, 0.29) is 22.5 Å². The van der Waals surface area contributed by atoms with Crippen LogP contribution in [0.15, 0.2) is 23.3 Å². The highest BCUT2D eigenvalue weighted by Crippen LogP contribution is 2.61. The van der Waals surface area contributed by atoms with Gasteiger partial charge in [-0.2, -0.15) is 5.10 Å². The Morgan fingerprint density at radius 1 is 1.25 bits per heavy atom. The summed E-state index contributed by atoms with van der Waals surface area (Å²) in [4.78, 5) is 0. The smallest absolute Gasteiger partial charge is 0.187 e. The first-order chi connectivity index (χ1) is 11.2. The highest BCUT2D eigenvalue weighted by Gasteiger charge is 2.60. The first-order valence-electron chi connectivity index (χ1n) is 8.37. The van der Waals surface area contributed by atoms with E-state index in [1.54, 1.807) is 6.07 Å². The molecule has 6 heteroatoms. The van der Waals surface area contributed by atoms with Crippen molar-refractivity contribution < 1.29 is 10.2 Å². The topological polar surface area (TPSA) is 76.9 Å². The van der Waals surface area contributed by atoms with Gasteiger partial charge in [0.1, 0.15) is 11.5 Å². The standard InChI is InChI=1S/C18H25N3O2S/c1-17(2)12-5-6-13(8-12)18(17,3)20-16(24)21-19-10-11-4-7-14(22)9-15(11)23/h4,7,9-10,12-13,22-23H,5-6,8H2,1-3H3,(H2,20,21,24)/b19-10-/t12-,13+,18+/m0/s1. The lowest BCUT2D eigenvalue weighted by Gasteiger charge is -2.48. The second kappa shape index (κ2) is 5.92. The molecule has 0 saturated heterocycles. The van der Waals surface area contributed by atoms with Gasteiger partial charge in [-0.3, -0.25) is 5.43 Å². The molecule has 3 rings (SSSR count). The monoisotopic (exact) mass is 347 g/mol. The first kappa shape index (κ1) is 17.0. The molecule has 1 aromatic rings. The zero-order valence-electron chi connectivity index (χ0n) is 14.3. The van der Waals surface area contributed by atoms with E-state index in [4.69, 9.17) is 12.2 Å². The van der Waals surface area contributed by atoms with Crippen LogP contribution in [0, 0.1) is 17.3 Å². The molecule has 2 fully saturated rings. The van der Waals surface area contributed by atoms with Gasteiger partial charge in [-0.05, 0) is 67.8 Å². The van der Waals surface area contributed by atoms with Crippen LogP contribution in [0.5, 0.6) is 11.5 Å². The van der Waals surface area contributed by atoms with Gasteiger partial charge in [0.15, 0.2) is 5.11 Å². The molecule has 0 amide bonds. The number of fused-ring (bicyclic) bond motifs is 2. The second-order valence-corrected chi connectivity index (χ2v) is 8.11. The number of nitrogens with zero attached hydrogens (tertiary/aromatic N) is 1. The summed E-state index contributed by atoms with van der Waals surface area (Å²) in [7, 11) is 0. The first-order valence-corrected chi connectivity index (χ1v) is 8.78. The highest BCUT2D eigenvalue weighted by molar-refractivity contribution is 7.80. The maximum Gasteiger partial charge on any atom is 0.187 e. The molecular weight excluding hydrogens is 322 g/mol. The summed E-state index contributed by atoms with van der Waals surface area (Å²) in [5.74, 6) is 1.38. The molecule has 2 aliphatic carbocycles. The fraction of sp³-hybridized carbons (Fsp3) is 0.556. The van der Waals surface area contributed by atoms with Crippen LogP contribution in [0.2, 0.25) is 0 Å². The van der Waals surface area contributed by atoms with Crippen molar-refractivity contribution in [3.63, 3.8) is 0 Å². The third-order valence-corrected chi connectivity index (χ3v) is 6.56. The fourth-order valence-corrected chi connectivity index (χ4v) is 4.70. The number of thiocarbonyl (C=S) groups is 1. The van der Waals surface area contributed by atoms with Gasteiger partial charge in [0.05, 0.1) is 6.21 Å². The Kier molecular flexibility index (Phi) is 4.20. The molecule has 0 heterocycles. The average molecular weight is 347 g/mol. The molecule has 5 nitrogen and oxygen atoms in total. The minimum absolute atomic E-state index is 0.0150. The summed E-state index contributed by atoms with van der Waals surface area (Å²) in [5, 5.41) is 27.1. The number of benzene rings is 1. The van der Waals surface area contributed by atoms with Crippen LogP contribution in [0.4, 0.5) is 0 Å². The Hall–Kier alpha value is -1.82. The Balaban J connectivity index is 1.63. The Morgan fingerprint density at radius 3 is 2.58 bits per heavy atom. The lowest BCUT2D eigenvalue weighted by molar-refractivity contribution is 0.0833. The summed E-state index contributed by atoms with van der Waals surface area (Å²) in [5.41, 5.74) is 3.51. The molecular formula is C18H25N3O2S. The fourth-order valence-electron chi connectivity index (χ4n) is 4.44. The quantitative estimate of drug-likeness (QED) is 0.384. The molecule has 2 bridgehead atoms. The van der Waals surface area contributed by atoms with E-state index < -0.39 is 0 Å². The van der Waals surface area contributed by atoms with Crippen molar-refractivity contribution in [1.29, 1.82) is 0 Å². The molecule has 2 aliphatic rings. The van der Waals surface area contributed by atoms with Gasteiger partial charge >= 0.3 is 0 Å². The number of aromatic hydroxyl groups is 2. The predicted molar refractivity (Wildman–Crippen MR) is 99.3 cm³/mol. The van der Waals surface area contributed by atoms with Gasteiger partial charge in [-0.15, -0.1) is 0 Å². The van der Waals surface area contributed by atoms with E-state index in [0.29, 0.717) is 16.6 Å². The number of hydrazone groups is 1. The van der Waals surface area contributed by atoms with Crippen LogP contribution in [0.3, 0.4) is 0 Å². The van der Waals surface area contributed by atoms with Crippen molar-refractivity contribution in [1.82, 2.24) is 10.7 Å². The highest BCUT2D eigenvalue weighted by atomic mass is 32.1. The van der Waals surface area contributed by atoms with Crippen molar-refractivity contribution in [2.45, 2.75) is 45.6 Å². The molecule has 0 radical (unpaired) electrons. The van der Waals surface area contributed by atoms with Crippen molar-refractivity contribution in [3.05, 3.63) is 23.8 Å². The van der Waals surface area contributed by atoms with Crippen LogP contribution in [0.1, 0.15) is 45.6 Å².